The van der Waals surface area contributed by atoms with E-state index in [1.54, 1.807) is 0 Å². The Morgan fingerprint density at radius 3 is 2.50 bits per heavy atom. The molecule has 0 bridgehead atoms. The van der Waals surface area contributed by atoms with Gasteiger partial charge in [0.1, 0.15) is 5.75 Å². The second kappa shape index (κ2) is 8.47. The van der Waals surface area contributed by atoms with E-state index < -0.39 is 24.9 Å². The molecule has 2 amide bonds. The number of nitrogens with one attached hydrogen (secondary N) is 2. The molecule has 0 saturated carbocycles. The van der Waals surface area contributed by atoms with Crippen molar-refractivity contribution in [2.24, 2.45) is 0 Å². The van der Waals surface area contributed by atoms with Gasteiger partial charge >= 0.3 is 12.2 Å². The SMILES string of the molecule is CCCC(O)CNC(=O)Nc1ccc(OCC(F)(F)F)cc1. The molecular formula is C14H19F3N2O3. The van der Waals surface area contributed by atoms with Crippen molar-refractivity contribution in [2.45, 2.75) is 32.0 Å². The molecule has 0 aliphatic carbocycles. The molecule has 0 aliphatic rings. The molecule has 22 heavy (non-hydrogen) atoms. The Labute approximate surface area is 126 Å². The van der Waals surface area contributed by atoms with Crippen LogP contribution in [0.2, 0.25) is 0 Å². The van der Waals surface area contributed by atoms with E-state index in [0.29, 0.717) is 12.1 Å². The third-order valence-corrected chi connectivity index (χ3v) is 2.63. The lowest BCUT2D eigenvalue weighted by Crippen LogP contribution is -2.35. The number of carbonyl (C=O) groups is 1. The Morgan fingerprint density at radius 1 is 1.32 bits per heavy atom. The molecule has 1 unspecified atom stereocenters. The van der Waals surface area contributed by atoms with Crippen molar-refractivity contribution < 1.29 is 27.8 Å². The molecule has 124 valence electrons. The molecule has 5 nitrogen and oxygen atoms in total. The monoisotopic (exact) mass is 320 g/mol. The van der Waals surface area contributed by atoms with Gasteiger partial charge in [-0.25, -0.2) is 4.79 Å². The average molecular weight is 320 g/mol. The molecule has 1 atom stereocenters. The second-order valence-electron chi connectivity index (χ2n) is 4.71. The molecule has 0 aromatic heterocycles. The van der Waals surface area contributed by atoms with Crippen molar-refractivity contribution in [2.75, 3.05) is 18.5 Å². The summed E-state index contributed by atoms with van der Waals surface area (Å²) >= 11 is 0. The van der Waals surface area contributed by atoms with Gasteiger partial charge in [-0.15, -0.1) is 0 Å². The van der Waals surface area contributed by atoms with Crippen LogP contribution in [0.3, 0.4) is 0 Å². The molecule has 0 spiro atoms. The highest BCUT2D eigenvalue weighted by atomic mass is 19.4. The van der Waals surface area contributed by atoms with E-state index in [0.717, 1.165) is 6.42 Å². The average Bonchev–Trinajstić information content (AvgIpc) is 2.44. The molecule has 0 radical (unpaired) electrons. The maximum absolute atomic E-state index is 12.0. The van der Waals surface area contributed by atoms with Gasteiger partial charge in [-0.3, -0.25) is 0 Å². The third kappa shape index (κ3) is 7.72. The van der Waals surface area contributed by atoms with E-state index >= 15 is 0 Å². The number of hydrogen-bond donors (Lipinski definition) is 3. The van der Waals surface area contributed by atoms with Gasteiger partial charge in [-0.05, 0) is 30.7 Å². The molecule has 0 saturated heterocycles. The van der Waals surface area contributed by atoms with Crippen LogP contribution in [0.4, 0.5) is 23.7 Å². The summed E-state index contributed by atoms with van der Waals surface area (Å²) in [5, 5.41) is 14.5. The van der Waals surface area contributed by atoms with Gasteiger partial charge in [-0.1, -0.05) is 13.3 Å². The van der Waals surface area contributed by atoms with Crippen LogP contribution in [0.15, 0.2) is 24.3 Å². The Bertz CT molecular complexity index is 463. The molecule has 1 aromatic carbocycles. The predicted molar refractivity (Wildman–Crippen MR) is 75.9 cm³/mol. The topological polar surface area (TPSA) is 70.6 Å². The highest BCUT2D eigenvalue weighted by Gasteiger charge is 2.28. The molecule has 8 heteroatoms. The number of aliphatic hydroxyl groups is 1. The molecule has 3 N–H and O–H groups in total. The van der Waals surface area contributed by atoms with Gasteiger partial charge in [0.25, 0.3) is 0 Å². The fraction of sp³-hybridized carbons (Fsp3) is 0.500. The van der Waals surface area contributed by atoms with Crippen LogP contribution in [0.1, 0.15) is 19.8 Å². The summed E-state index contributed by atoms with van der Waals surface area (Å²) in [7, 11) is 0. The summed E-state index contributed by atoms with van der Waals surface area (Å²) in [4.78, 5) is 11.5. The number of ether oxygens (including phenoxy) is 1. The zero-order valence-electron chi connectivity index (χ0n) is 12.1. The number of anilines is 1. The molecule has 1 rings (SSSR count). The van der Waals surface area contributed by atoms with Gasteiger partial charge < -0.3 is 20.5 Å². The van der Waals surface area contributed by atoms with E-state index in [1.807, 2.05) is 6.92 Å². The lowest BCUT2D eigenvalue weighted by atomic mass is 10.2. The summed E-state index contributed by atoms with van der Waals surface area (Å²) in [6, 6.07) is 5.00. The highest BCUT2D eigenvalue weighted by molar-refractivity contribution is 5.89. The quantitative estimate of drug-likeness (QED) is 0.723. The third-order valence-electron chi connectivity index (χ3n) is 2.63. The van der Waals surface area contributed by atoms with Gasteiger partial charge in [0, 0.05) is 12.2 Å². The summed E-state index contributed by atoms with van der Waals surface area (Å²) in [5.41, 5.74) is 0.404. The van der Waals surface area contributed by atoms with Gasteiger partial charge in [-0.2, -0.15) is 13.2 Å². The predicted octanol–water partition coefficient (Wildman–Crippen LogP) is 2.91. The van der Waals surface area contributed by atoms with E-state index in [9.17, 15) is 23.1 Å². The van der Waals surface area contributed by atoms with Gasteiger partial charge in [0.2, 0.25) is 0 Å². The fourth-order valence-corrected chi connectivity index (χ4v) is 1.62. The first kappa shape index (κ1) is 18.1. The maximum atomic E-state index is 12.0. The number of carbonyl (C=O) groups excluding carboxylic acids is 1. The zero-order valence-corrected chi connectivity index (χ0v) is 12.1. The lowest BCUT2D eigenvalue weighted by molar-refractivity contribution is -0.153. The van der Waals surface area contributed by atoms with E-state index in [-0.39, 0.29) is 12.3 Å². The summed E-state index contributed by atoms with van der Waals surface area (Å²) in [5.74, 6) is 0.0571. The van der Waals surface area contributed by atoms with Crippen molar-refractivity contribution in [1.29, 1.82) is 0 Å². The number of rotatable bonds is 7. The standard InChI is InChI=1S/C14H19F3N2O3/c1-2-3-11(20)8-18-13(21)19-10-4-6-12(7-5-10)22-9-14(15,16)17/h4-7,11,20H,2-3,8-9H2,1H3,(H2,18,19,21). The van der Waals surface area contributed by atoms with Crippen LogP contribution in [-0.2, 0) is 0 Å². The number of hydrogen-bond acceptors (Lipinski definition) is 3. The number of amides is 2. The lowest BCUT2D eigenvalue weighted by Gasteiger charge is -2.12. The number of aliphatic hydroxyl groups excluding tert-OH is 1. The fourth-order valence-electron chi connectivity index (χ4n) is 1.62. The molecular weight excluding hydrogens is 301 g/mol. The van der Waals surface area contributed by atoms with Crippen molar-refractivity contribution >= 4 is 11.7 Å². The molecule has 1 aromatic rings. The van der Waals surface area contributed by atoms with Gasteiger partial charge in [0.15, 0.2) is 6.61 Å². The van der Waals surface area contributed by atoms with Crippen molar-refractivity contribution in [3.8, 4) is 5.75 Å². The number of urea groups is 1. The smallest absolute Gasteiger partial charge is 0.422 e. The summed E-state index contributed by atoms with van der Waals surface area (Å²) < 4.78 is 40.5. The Balaban J connectivity index is 2.38. The first-order chi connectivity index (χ1) is 10.3. The zero-order chi connectivity index (χ0) is 16.6. The normalized spacial score (nSPS) is 12.6. The Kier molecular flexibility index (Phi) is 6.97. The van der Waals surface area contributed by atoms with Crippen LogP contribution in [0, 0.1) is 0 Å². The second-order valence-corrected chi connectivity index (χ2v) is 4.71. The first-order valence-corrected chi connectivity index (χ1v) is 6.82. The maximum Gasteiger partial charge on any atom is 0.422 e. The molecule has 0 heterocycles. The summed E-state index contributed by atoms with van der Waals surface area (Å²) in [6.45, 7) is 0.688. The minimum Gasteiger partial charge on any atom is -0.484 e. The van der Waals surface area contributed by atoms with Crippen LogP contribution in [0.25, 0.3) is 0 Å². The Morgan fingerprint density at radius 2 is 1.95 bits per heavy atom. The van der Waals surface area contributed by atoms with E-state index in [4.69, 9.17) is 0 Å². The van der Waals surface area contributed by atoms with E-state index in [1.165, 1.54) is 24.3 Å². The first-order valence-electron chi connectivity index (χ1n) is 6.82. The highest BCUT2D eigenvalue weighted by Crippen LogP contribution is 2.20. The minimum atomic E-state index is -4.39. The van der Waals surface area contributed by atoms with Gasteiger partial charge in [0.05, 0.1) is 6.10 Å². The molecule has 0 fully saturated rings. The number of halogens is 3. The van der Waals surface area contributed by atoms with Crippen LogP contribution in [-0.4, -0.2) is 36.6 Å². The number of benzene rings is 1. The van der Waals surface area contributed by atoms with Crippen molar-refractivity contribution in [1.82, 2.24) is 5.32 Å². The summed E-state index contributed by atoms with van der Waals surface area (Å²) in [6.07, 6.45) is -3.60. The molecule has 0 aliphatic heterocycles. The minimum absolute atomic E-state index is 0.0571. The Hall–Kier alpha value is -1.96. The largest absolute Gasteiger partial charge is 0.484 e. The van der Waals surface area contributed by atoms with Crippen LogP contribution < -0.4 is 15.4 Å². The number of alkyl halides is 3. The van der Waals surface area contributed by atoms with Crippen molar-refractivity contribution in [3.05, 3.63) is 24.3 Å². The van der Waals surface area contributed by atoms with Crippen molar-refractivity contribution in [3.63, 3.8) is 0 Å². The van der Waals surface area contributed by atoms with Crippen LogP contribution in [0.5, 0.6) is 5.75 Å². The van der Waals surface area contributed by atoms with Crippen LogP contribution >= 0.6 is 0 Å². The van der Waals surface area contributed by atoms with E-state index in [2.05, 4.69) is 15.4 Å².